The summed E-state index contributed by atoms with van der Waals surface area (Å²) in [6.07, 6.45) is 0. The van der Waals surface area contributed by atoms with Crippen molar-refractivity contribution in [3.05, 3.63) is 470 Å². The fraction of sp³-hybridized carbons (Fsp3) is 0. The second kappa shape index (κ2) is 32.3. The van der Waals surface area contributed by atoms with E-state index in [0.29, 0.717) is 0 Å². The van der Waals surface area contributed by atoms with Crippen LogP contribution < -0.4 is 15.1 Å². The summed E-state index contributed by atoms with van der Waals surface area (Å²) in [6.45, 7) is 0. The number of fused-ring (bicyclic) bond motifs is 3. The Morgan fingerprint density at radius 1 is 0.182 bits per heavy atom. The van der Waals surface area contributed by atoms with Gasteiger partial charge in [0.1, 0.15) is 0 Å². The highest BCUT2D eigenvalue weighted by Gasteiger charge is 2.28. The molecule has 0 atom stereocenters. The highest BCUT2D eigenvalue weighted by atomic mass is 79.9. The Balaban J connectivity index is 0.000000155. The molecule has 0 aromatic heterocycles. The van der Waals surface area contributed by atoms with E-state index in [2.05, 4.69) is 502 Å². The van der Waals surface area contributed by atoms with Crippen LogP contribution >= 0.6 is 31.9 Å². The molecule has 23 rings (SSSR count). The number of anilines is 8. The van der Waals surface area contributed by atoms with E-state index in [1.807, 2.05) is 6.07 Å². The molecule has 1 N–H and O–H groups in total. The van der Waals surface area contributed by atoms with E-state index in [9.17, 15) is 0 Å². The van der Waals surface area contributed by atoms with Crippen molar-refractivity contribution in [2.75, 3.05) is 15.1 Å². The third-order valence-electron chi connectivity index (χ3n) is 23.8. The van der Waals surface area contributed by atoms with E-state index < -0.39 is 0 Å². The number of para-hydroxylation sites is 3. The minimum absolute atomic E-state index is 1.09. The van der Waals surface area contributed by atoms with Gasteiger partial charge in [0.05, 0.1) is 28.4 Å². The second-order valence-electron chi connectivity index (χ2n) is 30.9. The van der Waals surface area contributed by atoms with Gasteiger partial charge in [-0.05, 0) is 199 Å². The Morgan fingerprint density at radius 2 is 0.446 bits per heavy atom. The Morgan fingerprint density at radius 3 is 0.818 bits per heavy atom. The molecular weight excluding hydrogens is 1600 g/mol. The Labute approximate surface area is 720 Å². The summed E-state index contributed by atoms with van der Waals surface area (Å²) in [5.74, 6) is 0. The number of nitrogens with zero attached hydrogens (tertiary/aromatic N) is 2. The van der Waals surface area contributed by atoms with Crippen molar-refractivity contribution in [1.82, 2.24) is 0 Å². The van der Waals surface area contributed by atoms with Crippen molar-refractivity contribution in [3.63, 3.8) is 0 Å². The lowest BCUT2D eigenvalue weighted by Crippen LogP contribution is -2.13. The standard InChI is InChI=1S/C72H48N2.C28H21N.C16H8Br2/c1-7-19-49(20-8-1)57-33-31-53-35-41-61(51-23-11-3-12-24-51)71(65(53)47-57)73(59-27-15-5-16-28-59)67-45-39-55-38-44-64-68(46-40-56-37-43-63(67)69(55)70(56)64)74(60-29-17-6-18-30-60)72-62(52-25-13-4-14-26-52)42-36-54-32-34-58(48-66(54)72)50-21-9-2-10-22-50;1-4-10-21(11-5-1)24-17-16-23-18-19-26(22-12-6-2-7-13-22)28(27(23)20-24)29-25-14-8-3-9-15-25;17-13-8-4-10-2-6-12-14(18)7-3-9-1-5-11(13)16(10)15(9)12/h1-48H;1-20,29H;1-8H. The van der Waals surface area contributed by atoms with Crippen LogP contribution in [-0.4, -0.2) is 0 Å². The third-order valence-corrected chi connectivity index (χ3v) is 25.1. The van der Waals surface area contributed by atoms with E-state index in [-0.39, 0.29) is 0 Å². The molecule has 0 saturated carbocycles. The first-order valence-electron chi connectivity index (χ1n) is 41.1. The first kappa shape index (κ1) is 73.9. The Hall–Kier alpha value is -14.7. The molecule has 3 nitrogen and oxygen atoms in total. The van der Waals surface area contributed by atoms with E-state index >= 15 is 0 Å². The smallest absolute Gasteiger partial charge is 0.0618 e. The molecule has 0 unspecified atom stereocenters. The maximum atomic E-state index is 3.69. The summed E-state index contributed by atoms with van der Waals surface area (Å²) < 4.78 is 2.31. The zero-order valence-corrected chi connectivity index (χ0v) is 69.2. The minimum atomic E-state index is 1.09. The molecule has 121 heavy (non-hydrogen) atoms. The summed E-state index contributed by atoms with van der Waals surface area (Å²) in [6, 6.07) is 167. The molecule has 570 valence electrons. The van der Waals surface area contributed by atoms with E-state index in [1.54, 1.807) is 0 Å². The average molecular weight is 1670 g/mol. The van der Waals surface area contributed by atoms with Gasteiger partial charge in [-0.15, -0.1) is 0 Å². The number of hydrogen-bond acceptors (Lipinski definition) is 3. The Bertz CT molecular complexity index is 7340. The number of rotatable bonds is 14. The van der Waals surface area contributed by atoms with Gasteiger partial charge in [-0.3, -0.25) is 0 Å². The van der Waals surface area contributed by atoms with Gasteiger partial charge in [-0.1, -0.05) is 414 Å². The maximum absolute atomic E-state index is 3.69. The molecule has 0 heterocycles. The van der Waals surface area contributed by atoms with Gasteiger partial charge in [0.25, 0.3) is 0 Å². The van der Waals surface area contributed by atoms with Crippen LogP contribution in [0.2, 0.25) is 0 Å². The molecular formula is C116H77Br2N3. The van der Waals surface area contributed by atoms with Crippen LogP contribution in [0, 0.1) is 0 Å². The Kier molecular flexibility index (Phi) is 19.7. The first-order valence-corrected chi connectivity index (χ1v) is 42.7. The molecule has 0 aliphatic carbocycles. The van der Waals surface area contributed by atoms with Crippen molar-refractivity contribution < 1.29 is 0 Å². The van der Waals surface area contributed by atoms with Crippen LogP contribution in [-0.2, 0) is 0 Å². The van der Waals surface area contributed by atoms with E-state index in [1.165, 1.54) is 153 Å². The lowest BCUT2D eigenvalue weighted by atomic mass is 9.90. The fourth-order valence-corrected chi connectivity index (χ4v) is 18.9. The van der Waals surface area contributed by atoms with Crippen molar-refractivity contribution in [3.8, 4) is 66.8 Å². The molecule has 0 radical (unpaired) electrons. The molecule has 0 bridgehead atoms. The van der Waals surface area contributed by atoms with Crippen LogP contribution in [0.15, 0.2) is 470 Å². The van der Waals surface area contributed by atoms with Gasteiger partial charge in [0.15, 0.2) is 0 Å². The van der Waals surface area contributed by atoms with Crippen LogP contribution in [0.1, 0.15) is 0 Å². The van der Waals surface area contributed by atoms with Crippen LogP contribution in [0.4, 0.5) is 45.5 Å². The molecule has 0 saturated heterocycles. The molecule has 0 spiro atoms. The number of hydrogen-bond donors (Lipinski definition) is 1. The summed E-state index contributed by atoms with van der Waals surface area (Å²) in [5, 5.41) is 26.0. The quantitative estimate of drug-likeness (QED) is 0.110. The zero-order valence-electron chi connectivity index (χ0n) is 66.0. The first-order chi connectivity index (χ1) is 59.9. The molecule has 0 aliphatic rings. The lowest BCUT2D eigenvalue weighted by molar-refractivity contribution is 1.31. The van der Waals surface area contributed by atoms with Crippen molar-refractivity contribution in [2.45, 2.75) is 0 Å². The minimum Gasteiger partial charge on any atom is -0.355 e. The van der Waals surface area contributed by atoms with Gasteiger partial charge in [0.2, 0.25) is 0 Å². The number of nitrogens with one attached hydrogen (secondary N) is 1. The largest absolute Gasteiger partial charge is 0.355 e. The predicted molar refractivity (Wildman–Crippen MR) is 526 cm³/mol. The predicted octanol–water partition coefficient (Wildman–Crippen LogP) is 34.5. The van der Waals surface area contributed by atoms with Crippen LogP contribution in [0.3, 0.4) is 0 Å². The normalized spacial score (nSPS) is 11.4. The maximum Gasteiger partial charge on any atom is 0.0618 e. The monoisotopic (exact) mass is 1670 g/mol. The van der Waals surface area contributed by atoms with E-state index in [0.717, 1.165) is 65.6 Å². The number of halogens is 2. The van der Waals surface area contributed by atoms with Crippen molar-refractivity contribution in [1.29, 1.82) is 0 Å². The molecule has 23 aromatic carbocycles. The summed E-state index contributed by atoms with van der Waals surface area (Å²) in [5.41, 5.74) is 23.2. The van der Waals surface area contributed by atoms with Crippen LogP contribution in [0.5, 0.6) is 0 Å². The highest BCUT2D eigenvalue weighted by molar-refractivity contribution is 9.11. The summed E-state index contributed by atoms with van der Waals surface area (Å²) in [4.78, 5) is 5.05. The molecule has 0 fully saturated rings. The van der Waals surface area contributed by atoms with Crippen LogP contribution in [0.25, 0.3) is 164 Å². The third kappa shape index (κ3) is 14.0. The van der Waals surface area contributed by atoms with Gasteiger partial charge in [-0.2, -0.15) is 0 Å². The van der Waals surface area contributed by atoms with E-state index in [4.69, 9.17) is 0 Å². The second-order valence-corrected chi connectivity index (χ2v) is 32.6. The molecule has 0 aliphatic heterocycles. The molecule has 5 heteroatoms. The van der Waals surface area contributed by atoms with Gasteiger partial charge in [-0.25, -0.2) is 0 Å². The van der Waals surface area contributed by atoms with Gasteiger partial charge >= 0.3 is 0 Å². The topological polar surface area (TPSA) is 18.5 Å². The fourth-order valence-electron chi connectivity index (χ4n) is 18.0. The summed E-state index contributed by atoms with van der Waals surface area (Å²) >= 11 is 7.30. The lowest BCUT2D eigenvalue weighted by Gasteiger charge is -2.32. The highest BCUT2D eigenvalue weighted by Crippen LogP contribution is 2.54. The average Bonchev–Trinajstić information content (AvgIpc) is 0.712. The van der Waals surface area contributed by atoms with Crippen molar-refractivity contribution in [2.24, 2.45) is 0 Å². The molecule has 0 amide bonds. The summed E-state index contributed by atoms with van der Waals surface area (Å²) in [7, 11) is 0. The number of benzene rings is 23. The SMILES string of the molecule is Brc1ccc2ccc3c(Br)ccc4ccc1c2c43.c1ccc(-c2ccc3ccc(-c4ccccc4)c(N(c4ccccc4)c4ccc5ccc6c(N(c7ccccc7)c7c(-c8ccccc8)ccc8ccc(-c9ccccc9)cc78)ccc7ccc4c5c76)c3c2)cc1.c1ccc(Nc2c(-c3ccccc3)ccc3ccc(-c4ccccc4)cc23)cc1. The van der Waals surface area contributed by atoms with Crippen molar-refractivity contribution >= 4 is 174 Å². The van der Waals surface area contributed by atoms with Gasteiger partial charge in [0, 0.05) is 69.6 Å². The van der Waals surface area contributed by atoms with Gasteiger partial charge < -0.3 is 15.1 Å². The molecule has 23 aromatic rings. The zero-order chi connectivity index (χ0) is 80.7.